The number of aliphatic imine (C=N–C) groups is 1. The molecule has 1 aromatic carbocycles. The van der Waals surface area contributed by atoms with Gasteiger partial charge in [-0.25, -0.2) is 4.79 Å². The molecule has 0 aromatic heterocycles. The molecule has 4 atom stereocenters. The molecule has 0 bridgehead atoms. The number of aliphatic carboxylic acids is 3. The maximum atomic E-state index is 13.1. The number of carboxylic acid groups (broad SMARTS) is 3. The molecule has 0 spiro atoms. The predicted octanol–water partition coefficient (Wildman–Crippen LogP) is -2.51. The lowest BCUT2D eigenvalue weighted by molar-refractivity contribution is -0.147. The van der Waals surface area contributed by atoms with Crippen LogP contribution in [0.25, 0.3) is 0 Å². The van der Waals surface area contributed by atoms with Gasteiger partial charge in [0.25, 0.3) is 0 Å². The zero-order valence-corrected chi connectivity index (χ0v) is 21.6. The monoisotopic (exact) mass is 565 g/mol. The van der Waals surface area contributed by atoms with E-state index in [1.165, 1.54) is 0 Å². The summed E-state index contributed by atoms with van der Waals surface area (Å²) in [6.07, 6.45) is -1.61. The maximum absolute atomic E-state index is 13.1. The Morgan fingerprint density at radius 3 is 1.85 bits per heavy atom. The molecule has 0 saturated heterocycles. The lowest BCUT2D eigenvalue weighted by Gasteiger charge is -2.25. The molecular formula is C24H35N7O9. The number of nitrogens with two attached hydrogens (primary N) is 3. The van der Waals surface area contributed by atoms with Crippen molar-refractivity contribution in [1.82, 2.24) is 16.0 Å². The highest BCUT2D eigenvalue weighted by Gasteiger charge is 2.31. The van der Waals surface area contributed by atoms with E-state index in [4.69, 9.17) is 27.4 Å². The van der Waals surface area contributed by atoms with E-state index in [1.54, 1.807) is 30.3 Å². The van der Waals surface area contributed by atoms with E-state index in [-0.39, 0.29) is 38.2 Å². The van der Waals surface area contributed by atoms with Gasteiger partial charge in [-0.2, -0.15) is 0 Å². The number of guanidine groups is 1. The molecule has 0 aliphatic carbocycles. The summed E-state index contributed by atoms with van der Waals surface area (Å²) in [4.78, 5) is 76.0. The quantitative estimate of drug-likeness (QED) is 0.0506. The van der Waals surface area contributed by atoms with Gasteiger partial charge in [0.15, 0.2) is 5.96 Å². The molecule has 16 heteroatoms. The molecule has 16 nitrogen and oxygen atoms in total. The Morgan fingerprint density at radius 1 is 0.775 bits per heavy atom. The number of hydrogen-bond acceptors (Lipinski definition) is 8. The third-order valence-electron chi connectivity index (χ3n) is 5.49. The number of rotatable bonds is 18. The molecule has 4 unspecified atom stereocenters. The van der Waals surface area contributed by atoms with E-state index in [2.05, 4.69) is 20.9 Å². The lowest BCUT2D eigenvalue weighted by Crippen LogP contribution is -2.57. The smallest absolute Gasteiger partial charge is 0.326 e. The third-order valence-corrected chi connectivity index (χ3v) is 5.49. The minimum Gasteiger partial charge on any atom is -0.481 e. The second-order valence-electron chi connectivity index (χ2n) is 8.80. The van der Waals surface area contributed by atoms with Crippen molar-refractivity contribution in [2.24, 2.45) is 22.2 Å². The van der Waals surface area contributed by atoms with Crippen molar-refractivity contribution >= 4 is 41.6 Å². The van der Waals surface area contributed by atoms with Gasteiger partial charge in [0.1, 0.15) is 18.1 Å². The van der Waals surface area contributed by atoms with Gasteiger partial charge < -0.3 is 48.5 Å². The fourth-order valence-corrected chi connectivity index (χ4v) is 3.47. The van der Waals surface area contributed by atoms with E-state index in [1.807, 2.05) is 0 Å². The first kappa shape index (κ1) is 33.3. The minimum absolute atomic E-state index is 0.0486. The number of carboxylic acids is 3. The summed E-state index contributed by atoms with van der Waals surface area (Å²) in [5, 5.41) is 34.1. The average Bonchev–Trinajstić information content (AvgIpc) is 2.87. The van der Waals surface area contributed by atoms with Gasteiger partial charge in [-0.05, 0) is 31.2 Å². The van der Waals surface area contributed by atoms with Crippen LogP contribution in [0, 0.1) is 0 Å². The Balaban J connectivity index is 3.06. The number of nitrogens with zero attached hydrogens (tertiary/aromatic N) is 1. The second kappa shape index (κ2) is 17.0. The van der Waals surface area contributed by atoms with Crippen molar-refractivity contribution in [2.75, 3.05) is 6.54 Å². The van der Waals surface area contributed by atoms with Crippen LogP contribution in [0.2, 0.25) is 0 Å². The van der Waals surface area contributed by atoms with Crippen molar-refractivity contribution in [2.45, 2.75) is 62.7 Å². The number of amides is 3. The van der Waals surface area contributed by atoms with Crippen LogP contribution in [0.5, 0.6) is 0 Å². The van der Waals surface area contributed by atoms with E-state index in [0.29, 0.717) is 0 Å². The van der Waals surface area contributed by atoms with Crippen molar-refractivity contribution in [3.63, 3.8) is 0 Å². The van der Waals surface area contributed by atoms with E-state index in [0.717, 1.165) is 5.56 Å². The number of benzene rings is 1. The van der Waals surface area contributed by atoms with Crippen molar-refractivity contribution < 1.29 is 44.1 Å². The van der Waals surface area contributed by atoms with Gasteiger partial charge in [0.05, 0.1) is 12.5 Å². The molecular weight excluding hydrogens is 530 g/mol. The van der Waals surface area contributed by atoms with Gasteiger partial charge in [-0.1, -0.05) is 30.3 Å². The molecule has 40 heavy (non-hydrogen) atoms. The van der Waals surface area contributed by atoms with Crippen LogP contribution in [0.1, 0.15) is 37.7 Å². The van der Waals surface area contributed by atoms with Gasteiger partial charge in [0, 0.05) is 13.0 Å². The van der Waals surface area contributed by atoms with Crippen LogP contribution in [-0.2, 0) is 35.2 Å². The fraction of sp³-hybridized carbons (Fsp3) is 0.458. The largest absolute Gasteiger partial charge is 0.481 e. The molecule has 0 radical (unpaired) electrons. The summed E-state index contributed by atoms with van der Waals surface area (Å²) >= 11 is 0. The molecule has 3 amide bonds. The molecule has 0 aliphatic rings. The summed E-state index contributed by atoms with van der Waals surface area (Å²) in [6, 6.07) is 3.12. The Bertz CT molecular complexity index is 1080. The highest BCUT2D eigenvalue weighted by atomic mass is 16.4. The van der Waals surface area contributed by atoms with Crippen LogP contribution in [0.4, 0.5) is 0 Å². The Morgan fingerprint density at radius 2 is 1.32 bits per heavy atom. The zero-order chi connectivity index (χ0) is 30.2. The average molecular weight is 566 g/mol. The molecule has 0 aliphatic heterocycles. The van der Waals surface area contributed by atoms with Crippen LogP contribution < -0.4 is 33.2 Å². The van der Waals surface area contributed by atoms with Gasteiger partial charge in [0.2, 0.25) is 17.7 Å². The number of hydrogen-bond donors (Lipinski definition) is 9. The normalized spacial score (nSPS) is 13.5. The first-order valence-electron chi connectivity index (χ1n) is 12.2. The molecule has 12 N–H and O–H groups in total. The third kappa shape index (κ3) is 13.2. The van der Waals surface area contributed by atoms with E-state index < -0.39 is 72.6 Å². The summed E-state index contributed by atoms with van der Waals surface area (Å²) in [5.41, 5.74) is 17.3. The number of carbonyl (C=O) groups is 6. The van der Waals surface area contributed by atoms with Crippen molar-refractivity contribution in [3.8, 4) is 0 Å². The van der Waals surface area contributed by atoms with Crippen LogP contribution >= 0.6 is 0 Å². The van der Waals surface area contributed by atoms with Crippen LogP contribution in [0.3, 0.4) is 0 Å². The van der Waals surface area contributed by atoms with Gasteiger partial charge in [-0.3, -0.25) is 29.0 Å². The molecule has 1 rings (SSSR count). The molecule has 0 fully saturated rings. The highest BCUT2D eigenvalue weighted by molar-refractivity contribution is 5.94. The van der Waals surface area contributed by atoms with Gasteiger partial charge >= 0.3 is 17.9 Å². The van der Waals surface area contributed by atoms with Crippen LogP contribution in [0.15, 0.2) is 35.3 Å². The van der Waals surface area contributed by atoms with Crippen LogP contribution in [-0.4, -0.2) is 87.6 Å². The van der Waals surface area contributed by atoms with Gasteiger partial charge in [-0.15, -0.1) is 0 Å². The predicted molar refractivity (Wildman–Crippen MR) is 141 cm³/mol. The maximum Gasteiger partial charge on any atom is 0.326 e. The fourth-order valence-electron chi connectivity index (χ4n) is 3.47. The second-order valence-corrected chi connectivity index (χ2v) is 8.80. The molecule has 220 valence electrons. The van der Waals surface area contributed by atoms with E-state index >= 15 is 0 Å². The standard InChI is InChI=1S/C24H35N7O9/c25-14(11-13-5-2-1-3-6-13)20(36)29-16(8-9-18(32)33)22(38)30-15(7-4-10-28-24(26)27)21(37)31-17(23(39)40)12-19(34)35/h1-3,5-6,14-17H,4,7-12,25H2,(H,29,36)(H,30,38)(H,31,37)(H,32,33)(H,34,35)(H,39,40)(H4,26,27,28). The summed E-state index contributed by atoms with van der Waals surface area (Å²) in [6.45, 7) is 0.0486. The van der Waals surface area contributed by atoms with Crippen molar-refractivity contribution in [3.05, 3.63) is 35.9 Å². The first-order chi connectivity index (χ1) is 18.8. The highest BCUT2D eigenvalue weighted by Crippen LogP contribution is 2.07. The molecule has 0 heterocycles. The molecule has 0 saturated carbocycles. The van der Waals surface area contributed by atoms with E-state index in [9.17, 15) is 33.9 Å². The Hall–Kier alpha value is -4.73. The van der Waals surface area contributed by atoms with Crippen molar-refractivity contribution in [1.29, 1.82) is 0 Å². The summed E-state index contributed by atoms with van der Waals surface area (Å²) < 4.78 is 0. The summed E-state index contributed by atoms with van der Waals surface area (Å²) in [7, 11) is 0. The Labute approximate surface area is 229 Å². The number of carbonyl (C=O) groups excluding carboxylic acids is 3. The summed E-state index contributed by atoms with van der Waals surface area (Å²) in [5.74, 6) is -7.25. The molecule has 1 aromatic rings. The topological polar surface area (TPSA) is 290 Å². The SMILES string of the molecule is NC(N)=NCCCC(NC(=O)C(CCC(=O)O)NC(=O)C(N)Cc1ccccc1)C(=O)NC(CC(=O)O)C(=O)O. The Kier molecular flexibility index (Phi) is 14.1. The first-order valence-corrected chi connectivity index (χ1v) is 12.2. The number of nitrogens with one attached hydrogen (secondary N) is 3. The minimum atomic E-state index is -1.79. The zero-order valence-electron chi connectivity index (χ0n) is 21.6. The lowest BCUT2D eigenvalue weighted by atomic mass is 10.0.